The number of carbonyl (C=O) groups excluding carboxylic acids is 1. The summed E-state index contributed by atoms with van der Waals surface area (Å²) < 4.78 is 5.44. The van der Waals surface area contributed by atoms with Crippen molar-refractivity contribution in [3.05, 3.63) is 29.3 Å². The molecule has 0 aromatic heterocycles. The molecule has 2 heterocycles. The van der Waals surface area contributed by atoms with Crippen LogP contribution >= 0.6 is 24.2 Å². The van der Waals surface area contributed by atoms with Crippen molar-refractivity contribution in [3.63, 3.8) is 0 Å². The first-order valence-electron chi connectivity index (χ1n) is 9.19. The summed E-state index contributed by atoms with van der Waals surface area (Å²) in [6, 6.07) is 9.06. The standard InChI is InChI=1S/C14H26N2O2.C6H5ClS/c1-14(2,3)18-13(17)16(5)11-7-6-10-8-12(9-11)15(10)4;7-5-1-3-6(8)4-2-5/h10-12H,6-9H2,1-5H3;1-4,8H. The van der Waals surface area contributed by atoms with Crippen LogP contribution in [0.4, 0.5) is 4.79 Å². The highest BCUT2D eigenvalue weighted by molar-refractivity contribution is 7.80. The van der Waals surface area contributed by atoms with Crippen molar-refractivity contribution in [2.24, 2.45) is 0 Å². The predicted molar refractivity (Wildman–Crippen MR) is 110 cm³/mol. The molecule has 26 heavy (non-hydrogen) atoms. The molecule has 1 aromatic carbocycles. The molecule has 2 aliphatic heterocycles. The number of fused-ring (bicyclic) bond motifs is 3. The van der Waals surface area contributed by atoms with Gasteiger partial charge in [-0.2, -0.15) is 0 Å². The van der Waals surface area contributed by atoms with Crippen LogP contribution in [0.25, 0.3) is 0 Å². The second-order valence-corrected chi connectivity index (χ2v) is 9.20. The van der Waals surface area contributed by atoms with Gasteiger partial charge in [-0.15, -0.1) is 12.6 Å². The molecule has 3 atom stereocenters. The number of ether oxygens (including phenoxy) is 1. The van der Waals surface area contributed by atoms with Gasteiger partial charge < -0.3 is 14.5 Å². The number of rotatable bonds is 1. The van der Waals surface area contributed by atoms with Crippen LogP contribution in [0.1, 0.15) is 46.5 Å². The lowest BCUT2D eigenvalue weighted by Crippen LogP contribution is -2.52. The van der Waals surface area contributed by atoms with Crippen molar-refractivity contribution in [1.82, 2.24) is 9.80 Å². The van der Waals surface area contributed by atoms with Crippen LogP contribution in [-0.4, -0.2) is 53.7 Å². The smallest absolute Gasteiger partial charge is 0.410 e. The van der Waals surface area contributed by atoms with Gasteiger partial charge in [-0.05, 0) is 77.8 Å². The van der Waals surface area contributed by atoms with E-state index in [0.29, 0.717) is 12.1 Å². The summed E-state index contributed by atoms with van der Waals surface area (Å²) in [5.41, 5.74) is -0.408. The van der Waals surface area contributed by atoms with E-state index >= 15 is 0 Å². The van der Waals surface area contributed by atoms with Crippen molar-refractivity contribution in [2.45, 2.75) is 75.1 Å². The van der Waals surface area contributed by atoms with E-state index in [0.717, 1.165) is 28.8 Å². The molecule has 3 fully saturated rings. The summed E-state index contributed by atoms with van der Waals surface area (Å²) in [7, 11) is 4.08. The minimum atomic E-state index is -0.408. The summed E-state index contributed by atoms with van der Waals surface area (Å²) in [4.78, 5) is 17.3. The van der Waals surface area contributed by atoms with Gasteiger partial charge in [-0.3, -0.25) is 0 Å². The number of halogens is 1. The molecular weight excluding hydrogens is 368 g/mol. The molecule has 2 bridgehead atoms. The van der Waals surface area contributed by atoms with Gasteiger partial charge in [0.2, 0.25) is 0 Å². The van der Waals surface area contributed by atoms with E-state index in [1.165, 1.54) is 12.8 Å². The van der Waals surface area contributed by atoms with Crippen LogP contribution in [0.5, 0.6) is 0 Å². The number of hydrogen-bond acceptors (Lipinski definition) is 4. The highest BCUT2D eigenvalue weighted by atomic mass is 35.5. The maximum Gasteiger partial charge on any atom is 0.410 e. The van der Waals surface area contributed by atoms with E-state index in [2.05, 4.69) is 24.6 Å². The van der Waals surface area contributed by atoms with Gasteiger partial charge in [-0.1, -0.05) is 11.6 Å². The average Bonchev–Trinajstić information content (AvgIpc) is 2.87. The topological polar surface area (TPSA) is 32.8 Å². The largest absolute Gasteiger partial charge is 0.444 e. The Balaban J connectivity index is 0.000000254. The lowest BCUT2D eigenvalue weighted by molar-refractivity contribution is 0.0158. The van der Waals surface area contributed by atoms with Crippen molar-refractivity contribution < 1.29 is 9.53 Å². The molecule has 1 aliphatic carbocycles. The molecule has 2 saturated heterocycles. The van der Waals surface area contributed by atoms with Gasteiger partial charge >= 0.3 is 6.09 Å². The zero-order chi connectivity index (χ0) is 19.5. The first kappa shape index (κ1) is 21.4. The van der Waals surface area contributed by atoms with Gasteiger partial charge in [0.15, 0.2) is 0 Å². The molecule has 0 radical (unpaired) electrons. The van der Waals surface area contributed by atoms with E-state index in [-0.39, 0.29) is 6.09 Å². The van der Waals surface area contributed by atoms with Gasteiger partial charge in [-0.25, -0.2) is 4.79 Å². The number of amides is 1. The minimum absolute atomic E-state index is 0.186. The van der Waals surface area contributed by atoms with E-state index in [1.807, 2.05) is 52.1 Å². The van der Waals surface area contributed by atoms with Crippen molar-refractivity contribution in [1.29, 1.82) is 0 Å². The summed E-state index contributed by atoms with van der Waals surface area (Å²) in [6.07, 6.45) is 4.50. The Hall–Kier alpha value is -0.910. The molecule has 4 rings (SSSR count). The highest BCUT2D eigenvalue weighted by Gasteiger charge is 2.41. The Bertz CT molecular complexity index is 582. The third kappa shape index (κ3) is 6.07. The van der Waals surface area contributed by atoms with E-state index in [4.69, 9.17) is 16.3 Å². The molecule has 3 aliphatic rings. The maximum atomic E-state index is 12.1. The highest BCUT2D eigenvalue weighted by Crippen LogP contribution is 2.36. The van der Waals surface area contributed by atoms with E-state index in [1.54, 1.807) is 4.90 Å². The number of benzene rings is 1. The second-order valence-electron chi connectivity index (χ2n) is 8.24. The molecule has 146 valence electrons. The third-order valence-electron chi connectivity index (χ3n) is 5.13. The molecule has 6 heteroatoms. The Morgan fingerprint density at radius 2 is 1.81 bits per heavy atom. The van der Waals surface area contributed by atoms with Gasteiger partial charge in [0.05, 0.1) is 0 Å². The predicted octanol–water partition coefficient (Wildman–Crippen LogP) is 5.11. The van der Waals surface area contributed by atoms with Crippen molar-refractivity contribution in [3.8, 4) is 0 Å². The molecular formula is C20H31ClN2O2S. The van der Waals surface area contributed by atoms with E-state index in [9.17, 15) is 4.79 Å². The molecule has 3 unspecified atom stereocenters. The Morgan fingerprint density at radius 1 is 1.19 bits per heavy atom. The zero-order valence-corrected chi connectivity index (χ0v) is 18.1. The summed E-state index contributed by atoms with van der Waals surface area (Å²) >= 11 is 9.65. The molecule has 1 saturated carbocycles. The fourth-order valence-electron chi connectivity index (χ4n) is 3.48. The first-order valence-corrected chi connectivity index (χ1v) is 10.0. The van der Waals surface area contributed by atoms with Gasteiger partial charge in [0.25, 0.3) is 0 Å². The fraction of sp³-hybridized carbons (Fsp3) is 0.650. The minimum Gasteiger partial charge on any atom is -0.444 e. The lowest BCUT2D eigenvalue weighted by atomic mass is 9.92. The molecule has 0 spiro atoms. The van der Waals surface area contributed by atoms with Crippen LogP contribution in [0.3, 0.4) is 0 Å². The molecule has 0 N–H and O–H groups in total. The number of thiol groups is 1. The number of hydrogen-bond donors (Lipinski definition) is 1. The average molecular weight is 399 g/mol. The van der Waals surface area contributed by atoms with E-state index < -0.39 is 5.60 Å². The van der Waals surface area contributed by atoms with Crippen LogP contribution in [0, 0.1) is 0 Å². The van der Waals surface area contributed by atoms with Gasteiger partial charge in [0, 0.05) is 35.1 Å². The quantitative estimate of drug-likeness (QED) is 0.667. The first-order chi connectivity index (χ1) is 12.1. The Morgan fingerprint density at radius 3 is 2.31 bits per heavy atom. The van der Waals surface area contributed by atoms with Crippen molar-refractivity contribution >= 4 is 30.3 Å². The lowest BCUT2D eigenvalue weighted by Gasteiger charge is -2.45. The van der Waals surface area contributed by atoms with Crippen LogP contribution in [0.2, 0.25) is 5.02 Å². The fourth-order valence-corrected chi connectivity index (χ4v) is 3.76. The number of carbonyl (C=O) groups is 1. The van der Waals surface area contributed by atoms with Gasteiger partial charge in [0.1, 0.15) is 5.60 Å². The normalized spacial score (nSPS) is 25.3. The van der Waals surface area contributed by atoms with Crippen molar-refractivity contribution in [2.75, 3.05) is 14.1 Å². The van der Waals surface area contributed by atoms with Crippen LogP contribution in [-0.2, 0) is 4.74 Å². The SMILES string of the molecule is CN(C(=O)OC(C)(C)C)C1CCC2CC(C1)N2C.Sc1ccc(Cl)cc1. The monoisotopic (exact) mass is 398 g/mol. The summed E-state index contributed by atoms with van der Waals surface area (Å²) in [5, 5.41) is 0.753. The third-order valence-corrected chi connectivity index (χ3v) is 5.68. The maximum absolute atomic E-state index is 12.1. The Kier molecular flexibility index (Phi) is 7.28. The van der Waals surface area contributed by atoms with Crippen LogP contribution < -0.4 is 0 Å². The number of nitrogens with zero attached hydrogens (tertiary/aromatic N) is 2. The molecule has 4 nitrogen and oxygen atoms in total. The summed E-state index contributed by atoms with van der Waals surface area (Å²) in [5.74, 6) is 0. The van der Waals surface area contributed by atoms with Crippen LogP contribution in [0.15, 0.2) is 29.2 Å². The molecule has 1 amide bonds. The summed E-state index contributed by atoms with van der Waals surface area (Å²) in [6.45, 7) is 5.74. The Labute approximate surface area is 168 Å². The second kappa shape index (κ2) is 8.85. The molecule has 1 aromatic rings. The zero-order valence-electron chi connectivity index (χ0n) is 16.4.